The average molecular weight is 455 g/mol. The van der Waals surface area contributed by atoms with E-state index >= 15 is 0 Å². The number of nitrogens with zero attached hydrogens (tertiary/aromatic N) is 1. The number of hydrogen-bond donors (Lipinski definition) is 5. The van der Waals surface area contributed by atoms with E-state index in [4.69, 9.17) is 16.9 Å². The van der Waals surface area contributed by atoms with Gasteiger partial charge in [-0.2, -0.15) is 0 Å². The summed E-state index contributed by atoms with van der Waals surface area (Å²) in [6.07, 6.45) is 3.68. The second-order valence-corrected chi connectivity index (χ2v) is 9.15. The lowest BCUT2D eigenvalue weighted by molar-refractivity contribution is 0.0917. The Morgan fingerprint density at radius 1 is 0.971 bits per heavy atom. The molecule has 0 radical (unpaired) electrons. The summed E-state index contributed by atoms with van der Waals surface area (Å²) in [6.45, 7) is 0.548. The summed E-state index contributed by atoms with van der Waals surface area (Å²) in [4.78, 5) is 13.5. The lowest BCUT2D eigenvalue weighted by Gasteiger charge is -2.27. The molecule has 0 bridgehead atoms. The minimum Gasteiger partial charge on any atom is -0.370 e. The summed E-state index contributed by atoms with van der Waals surface area (Å²) in [5.41, 5.74) is 15.0. The fourth-order valence-corrected chi connectivity index (χ4v) is 4.97. The van der Waals surface area contributed by atoms with Gasteiger partial charge in [0, 0.05) is 29.7 Å². The number of aromatic nitrogens is 1. The van der Waals surface area contributed by atoms with Crippen LogP contribution in [0.5, 0.6) is 0 Å². The molecule has 7 heteroatoms. The fourth-order valence-electron chi connectivity index (χ4n) is 4.97. The van der Waals surface area contributed by atoms with Gasteiger partial charge in [-0.3, -0.25) is 10.2 Å². The summed E-state index contributed by atoms with van der Waals surface area (Å²) in [6, 6.07) is 22.6. The number of rotatable bonds is 5. The van der Waals surface area contributed by atoms with Crippen molar-refractivity contribution in [1.82, 2.24) is 9.88 Å². The summed E-state index contributed by atoms with van der Waals surface area (Å²) in [5.74, 6) is -0.196. The number of amides is 1. The Morgan fingerprint density at radius 3 is 2.53 bits per heavy atom. The van der Waals surface area contributed by atoms with Gasteiger partial charge in [-0.05, 0) is 60.2 Å². The van der Waals surface area contributed by atoms with Gasteiger partial charge in [0.05, 0.1) is 5.52 Å². The van der Waals surface area contributed by atoms with Crippen molar-refractivity contribution in [3.05, 3.63) is 78.0 Å². The van der Waals surface area contributed by atoms with Crippen LogP contribution in [0.25, 0.3) is 21.7 Å². The van der Waals surface area contributed by atoms with Crippen LogP contribution in [0.4, 0.5) is 5.69 Å². The Bertz CT molecular complexity index is 1360. The SMILES string of the molecule is N=C(N)Nc1ccc2cc(C(=O)N[C@H]3CC[C@H](N)CC3)n(Cc3cccc4ccccc34)c2c1. The highest BCUT2D eigenvalue weighted by atomic mass is 16.2. The second kappa shape index (κ2) is 9.19. The number of hydrogen-bond acceptors (Lipinski definition) is 3. The Labute approximate surface area is 198 Å². The third-order valence-corrected chi connectivity index (χ3v) is 6.73. The van der Waals surface area contributed by atoms with Crippen molar-refractivity contribution in [3.8, 4) is 0 Å². The first kappa shape index (κ1) is 22.0. The second-order valence-electron chi connectivity index (χ2n) is 9.15. The first-order valence-electron chi connectivity index (χ1n) is 11.8. The third kappa shape index (κ3) is 4.47. The van der Waals surface area contributed by atoms with Crippen molar-refractivity contribution in [2.75, 3.05) is 5.32 Å². The van der Waals surface area contributed by atoms with Crippen molar-refractivity contribution in [1.29, 1.82) is 5.41 Å². The van der Waals surface area contributed by atoms with E-state index in [9.17, 15) is 4.79 Å². The molecule has 4 aromatic rings. The zero-order valence-electron chi connectivity index (χ0n) is 19.1. The molecule has 0 spiro atoms. The summed E-state index contributed by atoms with van der Waals surface area (Å²) >= 11 is 0. The van der Waals surface area contributed by atoms with Crippen LogP contribution < -0.4 is 22.1 Å². The topological polar surface area (TPSA) is 122 Å². The Kier molecular flexibility index (Phi) is 5.94. The zero-order valence-corrected chi connectivity index (χ0v) is 19.1. The number of fused-ring (bicyclic) bond motifs is 2. The van der Waals surface area contributed by atoms with Gasteiger partial charge >= 0.3 is 0 Å². The van der Waals surface area contributed by atoms with E-state index < -0.39 is 0 Å². The molecule has 1 aromatic heterocycles. The lowest BCUT2D eigenvalue weighted by Crippen LogP contribution is -2.41. The Balaban J connectivity index is 1.56. The lowest BCUT2D eigenvalue weighted by atomic mass is 9.92. The number of guanidine groups is 1. The van der Waals surface area contributed by atoms with Crippen LogP contribution in [-0.2, 0) is 6.54 Å². The predicted octanol–water partition coefficient (Wildman–Crippen LogP) is 4.15. The molecule has 1 aliphatic carbocycles. The van der Waals surface area contributed by atoms with Gasteiger partial charge in [0.25, 0.3) is 5.91 Å². The number of nitrogens with one attached hydrogen (secondary N) is 3. The highest BCUT2D eigenvalue weighted by Gasteiger charge is 2.23. The molecule has 0 saturated heterocycles. The summed E-state index contributed by atoms with van der Waals surface area (Å²) in [5, 5.41) is 17.0. The molecule has 7 N–H and O–H groups in total. The maximum atomic E-state index is 13.5. The molecule has 5 rings (SSSR count). The van der Waals surface area contributed by atoms with Crippen molar-refractivity contribution in [3.63, 3.8) is 0 Å². The van der Waals surface area contributed by atoms with Crippen LogP contribution in [0, 0.1) is 5.41 Å². The minimum absolute atomic E-state index is 0.0713. The molecular formula is C27H30N6O. The number of carbonyl (C=O) groups is 1. The van der Waals surface area contributed by atoms with Gasteiger partial charge in [-0.1, -0.05) is 48.5 Å². The first-order valence-corrected chi connectivity index (χ1v) is 11.8. The molecule has 1 saturated carbocycles. The van der Waals surface area contributed by atoms with Crippen molar-refractivity contribution in [2.24, 2.45) is 11.5 Å². The van der Waals surface area contributed by atoms with Gasteiger partial charge in [0.15, 0.2) is 5.96 Å². The molecule has 1 fully saturated rings. The van der Waals surface area contributed by atoms with Crippen LogP contribution in [-0.4, -0.2) is 28.5 Å². The number of carbonyl (C=O) groups excluding carboxylic acids is 1. The van der Waals surface area contributed by atoms with Gasteiger partial charge in [0.1, 0.15) is 5.69 Å². The fraction of sp³-hybridized carbons (Fsp3) is 0.259. The van der Waals surface area contributed by atoms with Crippen LogP contribution in [0.15, 0.2) is 66.7 Å². The van der Waals surface area contributed by atoms with Crippen LogP contribution in [0.1, 0.15) is 41.7 Å². The molecular weight excluding hydrogens is 424 g/mol. The molecule has 1 heterocycles. The largest absolute Gasteiger partial charge is 0.370 e. The van der Waals surface area contributed by atoms with E-state index in [-0.39, 0.29) is 24.0 Å². The monoisotopic (exact) mass is 454 g/mol. The smallest absolute Gasteiger partial charge is 0.268 e. The van der Waals surface area contributed by atoms with E-state index in [0.717, 1.165) is 47.5 Å². The Morgan fingerprint density at radius 2 is 1.74 bits per heavy atom. The predicted molar refractivity (Wildman–Crippen MR) is 138 cm³/mol. The maximum Gasteiger partial charge on any atom is 0.268 e. The van der Waals surface area contributed by atoms with Crippen molar-refractivity contribution < 1.29 is 4.79 Å². The number of benzene rings is 3. The molecule has 1 amide bonds. The zero-order chi connectivity index (χ0) is 23.7. The standard InChI is InChI=1S/C27H30N6O/c28-20-9-12-21(13-10-20)31-26(34)25-14-18-8-11-22(32-27(29)30)15-24(18)33(25)16-19-6-3-5-17-4-1-2-7-23(17)19/h1-8,11,14-15,20-21H,9-10,12-13,16,28H2,(H,31,34)(H4,29,30,32)/t20-,21-. The van der Waals surface area contributed by atoms with Gasteiger partial charge < -0.3 is 26.7 Å². The molecule has 0 aliphatic heterocycles. The number of nitrogens with two attached hydrogens (primary N) is 2. The summed E-state index contributed by atoms with van der Waals surface area (Å²) < 4.78 is 2.06. The van der Waals surface area contributed by atoms with E-state index in [1.54, 1.807) is 0 Å². The summed E-state index contributed by atoms with van der Waals surface area (Å²) in [7, 11) is 0. The molecule has 0 atom stereocenters. The minimum atomic E-state index is -0.125. The maximum absolute atomic E-state index is 13.5. The van der Waals surface area contributed by atoms with Crippen molar-refractivity contribution in [2.45, 2.75) is 44.3 Å². The normalized spacial score (nSPS) is 18.1. The quantitative estimate of drug-likeness (QED) is 0.230. The van der Waals surface area contributed by atoms with Crippen LogP contribution in [0.3, 0.4) is 0 Å². The third-order valence-electron chi connectivity index (χ3n) is 6.73. The van der Waals surface area contributed by atoms with Crippen LogP contribution in [0.2, 0.25) is 0 Å². The van der Waals surface area contributed by atoms with Gasteiger partial charge in [-0.15, -0.1) is 0 Å². The van der Waals surface area contributed by atoms with E-state index in [2.05, 4.69) is 45.5 Å². The molecule has 7 nitrogen and oxygen atoms in total. The number of anilines is 1. The van der Waals surface area contributed by atoms with Gasteiger partial charge in [-0.25, -0.2) is 0 Å². The van der Waals surface area contributed by atoms with E-state index in [0.29, 0.717) is 17.9 Å². The molecule has 174 valence electrons. The van der Waals surface area contributed by atoms with Crippen LogP contribution >= 0.6 is 0 Å². The Hall–Kier alpha value is -3.84. The highest BCUT2D eigenvalue weighted by molar-refractivity contribution is 6.00. The molecule has 1 aliphatic rings. The molecule has 3 aromatic carbocycles. The average Bonchev–Trinajstić information content (AvgIpc) is 3.18. The molecule has 34 heavy (non-hydrogen) atoms. The van der Waals surface area contributed by atoms with E-state index in [1.807, 2.05) is 36.4 Å². The van der Waals surface area contributed by atoms with Gasteiger partial charge in [0.2, 0.25) is 0 Å². The first-order chi connectivity index (χ1) is 16.5. The highest BCUT2D eigenvalue weighted by Crippen LogP contribution is 2.28. The van der Waals surface area contributed by atoms with E-state index in [1.165, 1.54) is 5.39 Å². The van der Waals surface area contributed by atoms with Crippen molar-refractivity contribution >= 4 is 39.2 Å². The molecule has 0 unspecified atom stereocenters.